The van der Waals surface area contributed by atoms with Crippen LogP contribution in [0.1, 0.15) is 40.9 Å². The first-order valence-electron chi connectivity index (χ1n) is 6.09. The van der Waals surface area contributed by atoms with Gasteiger partial charge >= 0.3 is 0 Å². The first-order chi connectivity index (χ1) is 9.20. The Balaban J connectivity index is 2.42. The van der Waals surface area contributed by atoms with Crippen LogP contribution >= 0.6 is 27.3 Å². The number of carbonyl (C=O) groups is 1. The Morgan fingerprint density at radius 1 is 1.30 bits per heavy atom. The predicted octanol–water partition coefficient (Wildman–Crippen LogP) is 4.76. The average Bonchev–Trinajstić information content (AvgIpc) is 2.82. The topological polar surface area (TPSA) is 43.1 Å². The summed E-state index contributed by atoms with van der Waals surface area (Å²) >= 11 is 4.67. The van der Waals surface area contributed by atoms with Gasteiger partial charge in [-0.15, -0.1) is 11.3 Å². The fourth-order valence-corrected chi connectivity index (χ4v) is 3.25. The SMILES string of the molecule is CC(C)(C)c1ccc(C(=O)c2cc(N)c(F)cc2Br)s1. The molecule has 2 N–H and O–H groups in total. The highest BCUT2D eigenvalue weighted by molar-refractivity contribution is 9.10. The molecule has 0 aliphatic carbocycles. The van der Waals surface area contributed by atoms with Crippen molar-refractivity contribution < 1.29 is 9.18 Å². The van der Waals surface area contributed by atoms with E-state index in [0.717, 1.165) is 4.88 Å². The minimum Gasteiger partial charge on any atom is -0.396 e. The Labute approximate surface area is 129 Å². The molecule has 20 heavy (non-hydrogen) atoms. The maximum Gasteiger partial charge on any atom is 0.204 e. The van der Waals surface area contributed by atoms with Gasteiger partial charge in [-0.2, -0.15) is 0 Å². The Bertz CT molecular complexity index is 673. The van der Waals surface area contributed by atoms with Crippen LogP contribution in [0.4, 0.5) is 10.1 Å². The largest absolute Gasteiger partial charge is 0.396 e. The van der Waals surface area contributed by atoms with E-state index in [4.69, 9.17) is 5.73 Å². The molecule has 1 heterocycles. The second-order valence-corrected chi connectivity index (χ2v) is 7.53. The van der Waals surface area contributed by atoms with E-state index in [1.165, 1.54) is 23.5 Å². The van der Waals surface area contributed by atoms with Gasteiger partial charge in [0.1, 0.15) is 5.82 Å². The van der Waals surface area contributed by atoms with Crippen LogP contribution in [-0.2, 0) is 5.41 Å². The van der Waals surface area contributed by atoms with Crippen molar-refractivity contribution >= 4 is 38.7 Å². The van der Waals surface area contributed by atoms with Gasteiger partial charge in [0.25, 0.3) is 0 Å². The number of hydrogen-bond donors (Lipinski definition) is 1. The van der Waals surface area contributed by atoms with Crippen molar-refractivity contribution in [1.29, 1.82) is 0 Å². The Morgan fingerprint density at radius 2 is 1.95 bits per heavy atom. The van der Waals surface area contributed by atoms with Crippen LogP contribution < -0.4 is 5.73 Å². The van der Waals surface area contributed by atoms with E-state index in [9.17, 15) is 9.18 Å². The number of rotatable bonds is 2. The summed E-state index contributed by atoms with van der Waals surface area (Å²) in [7, 11) is 0. The molecule has 5 heteroatoms. The van der Waals surface area contributed by atoms with Crippen molar-refractivity contribution in [2.45, 2.75) is 26.2 Å². The van der Waals surface area contributed by atoms with Crippen molar-refractivity contribution in [3.05, 3.63) is 49.9 Å². The van der Waals surface area contributed by atoms with Gasteiger partial charge in [0.15, 0.2) is 0 Å². The minimum absolute atomic E-state index is 0.00223. The van der Waals surface area contributed by atoms with Crippen LogP contribution in [0, 0.1) is 5.82 Å². The van der Waals surface area contributed by atoms with Gasteiger partial charge in [0, 0.05) is 14.9 Å². The summed E-state index contributed by atoms with van der Waals surface area (Å²) in [6, 6.07) is 6.36. The fraction of sp³-hybridized carbons (Fsp3) is 0.267. The van der Waals surface area contributed by atoms with E-state index in [1.54, 1.807) is 6.07 Å². The molecule has 0 bridgehead atoms. The Morgan fingerprint density at radius 3 is 2.50 bits per heavy atom. The number of nitrogens with two attached hydrogens (primary N) is 1. The highest BCUT2D eigenvalue weighted by Crippen LogP contribution is 2.32. The third-order valence-corrected chi connectivity index (χ3v) is 5.07. The summed E-state index contributed by atoms with van der Waals surface area (Å²) in [6.45, 7) is 6.29. The molecule has 0 saturated carbocycles. The summed E-state index contributed by atoms with van der Waals surface area (Å²) < 4.78 is 13.7. The van der Waals surface area contributed by atoms with Crippen LogP contribution in [0.15, 0.2) is 28.7 Å². The lowest BCUT2D eigenvalue weighted by Crippen LogP contribution is -2.08. The summed E-state index contributed by atoms with van der Waals surface area (Å²) in [6.07, 6.45) is 0. The number of anilines is 1. The van der Waals surface area contributed by atoms with Crippen molar-refractivity contribution in [2.24, 2.45) is 0 Å². The first-order valence-corrected chi connectivity index (χ1v) is 7.70. The van der Waals surface area contributed by atoms with Crippen molar-refractivity contribution in [3.8, 4) is 0 Å². The maximum absolute atomic E-state index is 13.3. The summed E-state index contributed by atoms with van der Waals surface area (Å²) in [5.74, 6) is -0.681. The first kappa shape index (κ1) is 15.2. The molecule has 1 aromatic carbocycles. The molecule has 106 valence electrons. The van der Waals surface area contributed by atoms with E-state index < -0.39 is 5.82 Å². The normalized spacial score (nSPS) is 11.7. The number of halogens is 2. The molecule has 0 fully saturated rings. The molecule has 0 aliphatic heterocycles. The van der Waals surface area contributed by atoms with Crippen LogP contribution in [0.5, 0.6) is 0 Å². The van der Waals surface area contributed by atoms with Crippen molar-refractivity contribution in [3.63, 3.8) is 0 Å². The van der Waals surface area contributed by atoms with Gasteiger partial charge in [-0.25, -0.2) is 4.39 Å². The zero-order chi connectivity index (χ0) is 15.1. The molecule has 2 rings (SSSR count). The quantitative estimate of drug-likeness (QED) is 0.623. The third-order valence-electron chi connectivity index (χ3n) is 2.90. The lowest BCUT2D eigenvalue weighted by Gasteiger charge is -2.15. The number of thiophene rings is 1. The zero-order valence-electron chi connectivity index (χ0n) is 11.5. The number of nitrogen functional groups attached to an aromatic ring is 1. The molecular formula is C15H15BrFNOS. The number of benzene rings is 1. The second-order valence-electron chi connectivity index (χ2n) is 5.60. The monoisotopic (exact) mass is 355 g/mol. The molecule has 1 aromatic heterocycles. The maximum atomic E-state index is 13.3. The van der Waals surface area contributed by atoms with E-state index in [1.807, 2.05) is 6.07 Å². The van der Waals surface area contributed by atoms with E-state index in [-0.39, 0.29) is 16.9 Å². The van der Waals surface area contributed by atoms with Crippen LogP contribution in [0.25, 0.3) is 0 Å². The molecular weight excluding hydrogens is 341 g/mol. The van der Waals surface area contributed by atoms with Gasteiger partial charge in [-0.05, 0) is 45.6 Å². The second kappa shape index (κ2) is 5.30. The number of hydrogen-bond acceptors (Lipinski definition) is 3. The Kier molecular flexibility index (Phi) is 4.02. The molecule has 0 aliphatic rings. The highest BCUT2D eigenvalue weighted by Gasteiger charge is 2.21. The molecule has 0 amide bonds. The molecule has 0 unspecified atom stereocenters. The van der Waals surface area contributed by atoms with Gasteiger partial charge < -0.3 is 5.73 Å². The molecule has 0 atom stereocenters. The van der Waals surface area contributed by atoms with Gasteiger partial charge in [-0.3, -0.25) is 4.79 Å². The van der Waals surface area contributed by atoms with Gasteiger partial charge in [0.2, 0.25) is 5.78 Å². The summed E-state index contributed by atoms with van der Waals surface area (Å²) in [4.78, 5) is 14.2. The fourth-order valence-electron chi connectivity index (χ4n) is 1.74. The lowest BCUT2D eigenvalue weighted by atomic mass is 9.95. The minimum atomic E-state index is -0.532. The number of ketones is 1. The van der Waals surface area contributed by atoms with Crippen LogP contribution in [-0.4, -0.2) is 5.78 Å². The lowest BCUT2D eigenvalue weighted by molar-refractivity contribution is 0.104. The summed E-state index contributed by atoms with van der Waals surface area (Å²) in [5, 5.41) is 0. The van der Waals surface area contributed by atoms with E-state index >= 15 is 0 Å². The van der Waals surface area contributed by atoms with Gasteiger partial charge in [0.05, 0.1) is 10.6 Å². The predicted molar refractivity (Wildman–Crippen MR) is 85.0 cm³/mol. The smallest absolute Gasteiger partial charge is 0.204 e. The number of carbonyl (C=O) groups excluding carboxylic acids is 1. The third kappa shape index (κ3) is 2.94. The van der Waals surface area contributed by atoms with E-state index in [0.29, 0.717) is 14.9 Å². The van der Waals surface area contributed by atoms with E-state index in [2.05, 4.69) is 36.7 Å². The Hall–Kier alpha value is -1.20. The van der Waals surface area contributed by atoms with Gasteiger partial charge in [-0.1, -0.05) is 20.8 Å². The van der Waals surface area contributed by atoms with Crippen molar-refractivity contribution in [1.82, 2.24) is 0 Å². The molecule has 0 spiro atoms. The molecule has 2 aromatic rings. The van der Waals surface area contributed by atoms with Crippen LogP contribution in [0.3, 0.4) is 0 Å². The average molecular weight is 356 g/mol. The highest BCUT2D eigenvalue weighted by atomic mass is 79.9. The molecule has 2 nitrogen and oxygen atoms in total. The zero-order valence-corrected chi connectivity index (χ0v) is 13.9. The molecule has 0 saturated heterocycles. The van der Waals surface area contributed by atoms with Crippen molar-refractivity contribution in [2.75, 3.05) is 5.73 Å². The van der Waals surface area contributed by atoms with Crippen LogP contribution in [0.2, 0.25) is 0 Å². The standard InChI is InChI=1S/C15H15BrFNOS/c1-15(2,3)13-5-4-12(20-13)14(19)8-6-11(18)10(17)7-9(8)16/h4-7H,18H2,1-3H3. The molecule has 0 radical (unpaired) electrons. The summed E-state index contributed by atoms with van der Waals surface area (Å²) in [5.41, 5.74) is 5.89.